The maximum Gasteiger partial charge on any atom is 0.243 e. The van der Waals surface area contributed by atoms with Crippen molar-refractivity contribution < 1.29 is 4.79 Å². The van der Waals surface area contributed by atoms with Crippen LogP contribution in [0.4, 0.5) is 5.13 Å². The number of aromatic nitrogens is 2. The average Bonchev–Trinajstić information content (AvgIpc) is 3.07. The van der Waals surface area contributed by atoms with Crippen molar-refractivity contribution in [2.75, 3.05) is 19.4 Å². The highest BCUT2D eigenvalue weighted by atomic mass is 32.2. The SMILES string of the molecule is CC[C@H](C(=O)Nc1nnc(SCc2cccs2)s1)N(C)C. The van der Waals surface area contributed by atoms with Crippen LogP contribution in [0, 0.1) is 0 Å². The lowest BCUT2D eigenvalue weighted by Gasteiger charge is -2.20. The van der Waals surface area contributed by atoms with Gasteiger partial charge >= 0.3 is 0 Å². The molecule has 0 aliphatic rings. The van der Waals surface area contributed by atoms with Gasteiger partial charge < -0.3 is 0 Å². The topological polar surface area (TPSA) is 58.1 Å². The van der Waals surface area contributed by atoms with Gasteiger partial charge in [-0.3, -0.25) is 15.0 Å². The van der Waals surface area contributed by atoms with Crippen molar-refractivity contribution in [2.45, 2.75) is 29.5 Å². The quantitative estimate of drug-likeness (QED) is 0.619. The molecule has 0 saturated carbocycles. The average molecular weight is 343 g/mol. The number of rotatable bonds is 7. The predicted octanol–water partition coefficient (Wildman–Crippen LogP) is 3.17. The van der Waals surface area contributed by atoms with E-state index < -0.39 is 0 Å². The van der Waals surface area contributed by atoms with E-state index in [1.165, 1.54) is 16.2 Å². The van der Waals surface area contributed by atoms with Crippen LogP contribution in [0.25, 0.3) is 0 Å². The normalized spacial score (nSPS) is 12.6. The Bertz CT molecular complexity index is 568. The lowest BCUT2D eigenvalue weighted by atomic mass is 10.2. The number of carbonyl (C=O) groups excluding carboxylic acids is 1. The van der Waals surface area contributed by atoms with E-state index in [-0.39, 0.29) is 11.9 Å². The molecule has 2 aromatic heterocycles. The molecular formula is C13H18N4OS3. The zero-order valence-electron chi connectivity index (χ0n) is 12.2. The first-order valence-electron chi connectivity index (χ1n) is 6.56. The van der Waals surface area contributed by atoms with Gasteiger partial charge in [0.15, 0.2) is 4.34 Å². The smallest absolute Gasteiger partial charge is 0.243 e. The zero-order valence-corrected chi connectivity index (χ0v) is 14.6. The van der Waals surface area contributed by atoms with Gasteiger partial charge in [0.25, 0.3) is 0 Å². The van der Waals surface area contributed by atoms with Crippen LogP contribution in [0.2, 0.25) is 0 Å². The number of amides is 1. The number of likely N-dealkylation sites (N-methyl/N-ethyl adjacent to an activating group) is 1. The minimum absolute atomic E-state index is 0.0338. The molecule has 1 amide bonds. The van der Waals surface area contributed by atoms with Crippen molar-refractivity contribution in [2.24, 2.45) is 0 Å². The van der Waals surface area contributed by atoms with Gasteiger partial charge in [0, 0.05) is 10.6 Å². The molecule has 21 heavy (non-hydrogen) atoms. The first-order valence-corrected chi connectivity index (χ1v) is 9.24. The lowest BCUT2D eigenvalue weighted by molar-refractivity contribution is -0.120. The van der Waals surface area contributed by atoms with Crippen molar-refractivity contribution in [3.8, 4) is 0 Å². The third-order valence-electron chi connectivity index (χ3n) is 2.87. The third kappa shape index (κ3) is 4.77. The molecule has 1 atom stereocenters. The standard InChI is InChI=1S/C13H18N4OS3/c1-4-10(17(2)3)11(18)14-12-15-16-13(21-12)20-8-9-6-5-7-19-9/h5-7,10H,4,8H2,1-3H3,(H,14,15,18)/t10-/m1/s1. The van der Waals surface area contributed by atoms with Crippen LogP contribution in [0.5, 0.6) is 0 Å². The third-order valence-corrected chi connectivity index (χ3v) is 5.95. The molecule has 0 spiro atoms. The van der Waals surface area contributed by atoms with Crippen LogP contribution in [0.15, 0.2) is 21.9 Å². The summed E-state index contributed by atoms with van der Waals surface area (Å²) in [6.07, 6.45) is 0.762. The number of hydrogen-bond acceptors (Lipinski definition) is 7. The molecule has 0 aromatic carbocycles. The summed E-state index contributed by atoms with van der Waals surface area (Å²) in [7, 11) is 3.80. The molecule has 0 bridgehead atoms. The van der Waals surface area contributed by atoms with Crippen LogP contribution in [-0.2, 0) is 10.5 Å². The van der Waals surface area contributed by atoms with Crippen molar-refractivity contribution in [3.63, 3.8) is 0 Å². The molecule has 0 saturated heterocycles. The molecule has 5 nitrogen and oxygen atoms in total. The molecular weight excluding hydrogens is 324 g/mol. The second-order valence-corrected chi connectivity index (χ2v) is 7.85. The van der Waals surface area contributed by atoms with Gasteiger partial charge in [-0.1, -0.05) is 36.1 Å². The van der Waals surface area contributed by atoms with Crippen molar-refractivity contribution in [1.29, 1.82) is 0 Å². The van der Waals surface area contributed by atoms with Crippen LogP contribution in [-0.4, -0.2) is 41.1 Å². The summed E-state index contributed by atoms with van der Waals surface area (Å²) >= 11 is 4.79. The highest BCUT2D eigenvalue weighted by Gasteiger charge is 2.20. The van der Waals surface area contributed by atoms with Gasteiger partial charge in [-0.25, -0.2) is 0 Å². The molecule has 0 unspecified atom stereocenters. The minimum atomic E-state index is -0.142. The Balaban J connectivity index is 1.89. The molecule has 1 N–H and O–H groups in total. The summed E-state index contributed by atoms with van der Waals surface area (Å²) in [4.78, 5) is 15.3. The number of thiophene rings is 1. The molecule has 2 heterocycles. The summed E-state index contributed by atoms with van der Waals surface area (Å²) in [5.41, 5.74) is 0. The molecule has 114 valence electrons. The van der Waals surface area contributed by atoms with Gasteiger partial charge in [-0.15, -0.1) is 21.5 Å². The number of nitrogens with one attached hydrogen (secondary N) is 1. The first-order chi connectivity index (χ1) is 10.1. The fourth-order valence-electron chi connectivity index (χ4n) is 1.82. The summed E-state index contributed by atoms with van der Waals surface area (Å²) < 4.78 is 0.872. The van der Waals surface area contributed by atoms with E-state index in [2.05, 4.69) is 27.0 Å². The summed E-state index contributed by atoms with van der Waals surface area (Å²) in [5, 5.41) is 13.6. The van der Waals surface area contributed by atoms with Crippen molar-refractivity contribution >= 4 is 45.5 Å². The predicted molar refractivity (Wildman–Crippen MR) is 90.2 cm³/mol. The van der Waals surface area contributed by atoms with E-state index in [1.54, 1.807) is 23.1 Å². The molecule has 0 radical (unpaired) electrons. The highest BCUT2D eigenvalue weighted by molar-refractivity contribution is 8.00. The number of anilines is 1. The first kappa shape index (κ1) is 16.4. The highest BCUT2D eigenvalue weighted by Crippen LogP contribution is 2.29. The van der Waals surface area contributed by atoms with E-state index in [9.17, 15) is 4.79 Å². The van der Waals surface area contributed by atoms with E-state index in [4.69, 9.17) is 0 Å². The Labute approximate surface area is 136 Å². The number of nitrogens with zero attached hydrogens (tertiary/aromatic N) is 3. The summed E-state index contributed by atoms with van der Waals surface area (Å²) in [6.45, 7) is 1.99. The Kier molecular flexibility index (Phi) is 6.16. The minimum Gasteiger partial charge on any atom is -0.299 e. The summed E-state index contributed by atoms with van der Waals surface area (Å²) in [5.74, 6) is 0.851. The monoisotopic (exact) mass is 342 g/mol. The number of hydrogen-bond donors (Lipinski definition) is 1. The Morgan fingerprint density at radius 3 is 2.90 bits per heavy atom. The fraction of sp³-hybridized carbons (Fsp3) is 0.462. The number of carbonyl (C=O) groups is 1. The molecule has 0 aliphatic carbocycles. The maximum absolute atomic E-state index is 12.1. The van der Waals surface area contributed by atoms with Crippen molar-refractivity contribution in [3.05, 3.63) is 22.4 Å². The second kappa shape index (κ2) is 7.88. The lowest BCUT2D eigenvalue weighted by Crippen LogP contribution is -2.39. The van der Waals surface area contributed by atoms with Crippen LogP contribution in [0.1, 0.15) is 18.2 Å². The van der Waals surface area contributed by atoms with Gasteiger partial charge in [-0.2, -0.15) is 0 Å². The van der Waals surface area contributed by atoms with E-state index in [0.29, 0.717) is 5.13 Å². The number of thioether (sulfide) groups is 1. The Morgan fingerprint density at radius 1 is 1.48 bits per heavy atom. The molecule has 2 aromatic rings. The largest absolute Gasteiger partial charge is 0.299 e. The Hall–Kier alpha value is -0.960. The fourth-order valence-corrected chi connectivity index (χ4v) is 4.35. The molecule has 0 fully saturated rings. The maximum atomic E-state index is 12.1. The summed E-state index contributed by atoms with van der Waals surface area (Å²) in [6, 6.07) is 4.00. The van der Waals surface area contributed by atoms with Crippen LogP contribution in [0.3, 0.4) is 0 Å². The Morgan fingerprint density at radius 2 is 2.29 bits per heavy atom. The van der Waals surface area contributed by atoms with Gasteiger partial charge in [-0.05, 0) is 32.0 Å². The second-order valence-electron chi connectivity index (χ2n) is 4.62. The molecule has 2 rings (SSSR count). The van der Waals surface area contributed by atoms with Gasteiger partial charge in [0.2, 0.25) is 11.0 Å². The zero-order chi connectivity index (χ0) is 15.2. The van der Waals surface area contributed by atoms with Crippen LogP contribution >= 0.6 is 34.4 Å². The van der Waals surface area contributed by atoms with Crippen LogP contribution < -0.4 is 5.32 Å². The van der Waals surface area contributed by atoms with E-state index in [1.807, 2.05) is 32.0 Å². The van der Waals surface area contributed by atoms with Crippen molar-refractivity contribution in [1.82, 2.24) is 15.1 Å². The van der Waals surface area contributed by atoms with Gasteiger partial charge in [0.1, 0.15) is 0 Å². The molecule has 8 heteroatoms. The van der Waals surface area contributed by atoms with Gasteiger partial charge in [0.05, 0.1) is 6.04 Å². The van der Waals surface area contributed by atoms with E-state index in [0.717, 1.165) is 16.5 Å². The van der Waals surface area contributed by atoms with E-state index >= 15 is 0 Å². The molecule has 0 aliphatic heterocycles.